The fraction of sp³-hybridized carbons (Fsp3) is 0.838. The Bertz CT molecular complexity index is 3360. The first-order chi connectivity index (χ1) is 65.9. The molecule has 0 aromatic heterocycles. The highest BCUT2D eigenvalue weighted by Gasteiger charge is 2.18. The lowest BCUT2D eigenvalue weighted by Gasteiger charge is -2.16. The van der Waals surface area contributed by atoms with E-state index in [2.05, 4.69) is 122 Å². The van der Waals surface area contributed by atoms with Gasteiger partial charge in [-0.2, -0.15) is 0 Å². The average Bonchev–Trinajstić information content (AvgIpc) is 0.967. The minimum absolute atomic E-state index is 0.0131. The van der Waals surface area contributed by atoms with E-state index < -0.39 is 0 Å². The van der Waals surface area contributed by atoms with Gasteiger partial charge in [-0.15, -0.1) is 0 Å². The van der Waals surface area contributed by atoms with E-state index in [0.29, 0.717) is 248 Å². The number of unbranched alkanes of at least 4 members (excludes halogenated alkanes) is 4. The van der Waals surface area contributed by atoms with Gasteiger partial charge in [0.25, 0.3) is 0 Å². The largest absolute Gasteiger partial charge is 0.380 e. The van der Waals surface area contributed by atoms with Crippen molar-refractivity contribution in [1.82, 2.24) is 61.3 Å². The van der Waals surface area contributed by atoms with E-state index in [0.717, 1.165) is 0 Å². The van der Waals surface area contributed by atoms with Crippen LogP contribution in [0.25, 0.3) is 94.0 Å². The number of ether oxygens (including phenoxy) is 7. The molecule has 63 nitrogen and oxygen atoms in total. The highest BCUT2D eigenvalue weighted by atomic mass is 16.5. The third-order valence-corrected chi connectivity index (χ3v) is 15.3. The number of hydrogen-bond donors (Lipinski definition) is 11. The lowest BCUT2D eigenvalue weighted by Crippen LogP contribution is -2.42. The highest BCUT2D eigenvalue weighted by Crippen LogP contribution is 2.04. The molecule has 0 aromatic rings. The molecule has 780 valence electrons. The maximum Gasteiger partial charge on any atom is 0.248 e. The predicted octanol–water partition coefficient (Wildman–Crippen LogP) is 1.40. The molecule has 0 atom stereocenters. The molecule has 137 heavy (non-hydrogen) atoms. The van der Waals surface area contributed by atoms with Crippen LogP contribution in [0.3, 0.4) is 0 Å². The number of ketones is 4. The summed E-state index contributed by atoms with van der Waals surface area (Å²) in [5, 5.41) is 46.0. The molecule has 0 aliphatic heterocycles. The number of hydrogen-bond acceptors (Lipinski definition) is 37. The van der Waals surface area contributed by atoms with Crippen molar-refractivity contribution in [2.75, 3.05) is 333 Å². The van der Waals surface area contributed by atoms with E-state index in [4.69, 9.17) is 112 Å². The Morgan fingerprint density at radius 3 is 0.628 bits per heavy atom. The molecular weight excluding hydrogens is 1810 g/mol. The second-order valence-electron chi connectivity index (χ2n) is 27.0. The minimum Gasteiger partial charge on any atom is -0.380 e. The normalized spacial score (nSPS) is 9.42. The van der Waals surface area contributed by atoms with Crippen LogP contribution in [0.5, 0.6) is 0 Å². The van der Waals surface area contributed by atoms with Gasteiger partial charge in [-0.05, 0) is 129 Å². The van der Waals surface area contributed by atoms with E-state index in [1.807, 2.05) is 0 Å². The van der Waals surface area contributed by atoms with Gasteiger partial charge in [0.2, 0.25) is 47.3 Å². The van der Waals surface area contributed by atoms with Crippen LogP contribution < -0.4 is 60.6 Å². The second kappa shape index (κ2) is 120. The van der Waals surface area contributed by atoms with Crippen LogP contribution in [-0.2, 0) is 90.7 Å². The molecule has 0 unspecified atom stereocenters. The van der Waals surface area contributed by atoms with Crippen molar-refractivity contribution in [3.8, 4) is 0 Å². The lowest BCUT2D eigenvalue weighted by atomic mass is 10.1. The van der Waals surface area contributed by atoms with E-state index >= 15 is 0 Å². The van der Waals surface area contributed by atoms with Crippen molar-refractivity contribution in [3.05, 3.63) is 94.0 Å². The van der Waals surface area contributed by atoms with E-state index in [9.17, 15) is 57.5 Å². The molecule has 0 radical (unpaired) electrons. The van der Waals surface area contributed by atoms with Gasteiger partial charge in [-0.1, -0.05) is 46.0 Å². The Balaban J connectivity index is -0.000000195. The molecule has 16 N–H and O–H groups in total. The van der Waals surface area contributed by atoms with Crippen LogP contribution >= 0.6 is 0 Å². The molecule has 0 fully saturated rings. The van der Waals surface area contributed by atoms with Crippen LogP contribution in [0.4, 0.5) is 0 Å². The highest BCUT2D eigenvalue weighted by molar-refractivity contribution is 5.89. The molecule has 0 aliphatic carbocycles. The first-order valence-corrected chi connectivity index (χ1v) is 43.2. The number of amides is 8. The standard InChI is InChI=1S/2C11H21N5O3.2C10H20N6O3.2C10H19N5O2.3C4H10N4O/c2*1-16(11(18)9-19-7-5-12)8-10(17)4-2-3-6-14-15-13;2*1-12-7-10(18)16(2)8-9(17)13-3-5-19-6-4-14-15-11;2*1-12-7-10(17)15(2)8-9(16)5-3-4-6-13-14-11;3*5-1-3-9-4-2-7-8-6/h2*2-9,12H2,1H3;2*12H,3-8H2,1-2H3,(H,13,17);2*12H,3-8H2,1-2H3;3*1-5H2. The quantitative estimate of drug-likeness (QED) is 0.0177. The first-order valence-electron chi connectivity index (χ1n) is 43.2. The first kappa shape index (κ1) is 142. The zero-order chi connectivity index (χ0) is 105. The van der Waals surface area contributed by atoms with Gasteiger partial charge in [0, 0.05) is 217 Å². The summed E-state index contributed by atoms with van der Waals surface area (Å²) in [6.07, 6.45) is 7.01. The Labute approximate surface area is 798 Å². The molecule has 0 spiro atoms. The molecule has 0 aromatic carbocycles. The molecular formula is C74H150N44O19. The van der Waals surface area contributed by atoms with Gasteiger partial charge in [-0.3, -0.25) is 57.5 Å². The van der Waals surface area contributed by atoms with Crippen LogP contribution in [0.15, 0.2) is 46.0 Å². The van der Waals surface area contributed by atoms with Crippen molar-refractivity contribution in [1.29, 1.82) is 0 Å². The second-order valence-corrected chi connectivity index (χ2v) is 27.0. The molecule has 0 bridgehead atoms. The van der Waals surface area contributed by atoms with Crippen molar-refractivity contribution in [2.45, 2.75) is 77.0 Å². The molecule has 0 aliphatic rings. The maximum atomic E-state index is 11.6. The Morgan fingerprint density at radius 1 is 0.248 bits per heavy atom. The van der Waals surface area contributed by atoms with Gasteiger partial charge in [-0.25, -0.2) is 0 Å². The predicted molar refractivity (Wildman–Crippen MR) is 510 cm³/mol. The number of carbonyl (C=O) groups excluding carboxylic acids is 12. The lowest BCUT2D eigenvalue weighted by molar-refractivity contribution is -0.138. The number of nitrogens with two attached hydrogens (primary N) is 5. The van der Waals surface area contributed by atoms with E-state index in [-0.39, 0.29) is 162 Å². The monoisotopic (exact) mass is 1960 g/mol. The molecule has 63 heteroatoms. The van der Waals surface area contributed by atoms with Crippen LogP contribution in [-0.4, -0.2) is 433 Å². The van der Waals surface area contributed by atoms with E-state index in [1.165, 1.54) is 29.4 Å². The van der Waals surface area contributed by atoms with Crippen molar-refractivity contribution >= 4 is 70.4 Å². The fourth-order valence-electron chi connectivity index (χ4n) is 8.53. The van der Waals surface area contributed by atoms with Crippen molar-refractivity contribution < 1.29 is 90.7 Å². The molecule has 0 rings (SSSR count). The van der Waals surface area contributed by atoms with Crippen molar-refractivity contribution in [2.24, 2.45) is 74.7 Å². The number of carbonyl (C=O) groups is 12. The van der Waals surface area contributed by atoms with Crippen molar-refractivity contribution in [3.63, 3.8) is 0 Å². The summed E-state index contributed by atoms with van der Waals surface area (Å²) >= 11 is 0. The number of nitrogens with one attached hydrogen (secondary N) is 6. The maximum absolute atomic E-state index is 11.6. The number of azide groups is 9. The van der Waals surface area contributed by atoms with Gasteiger partial charge in [0.15, 0.2) is 23.1 Å². The zero-order valence-corrected chi connectivity index (χ0v) is 81.2. The van der Waals surface area contributed by atoms with Gasteiger partial charge in [0.05, 0.1) is 145 Å². The Hall–Kier alpha value is -12.4. The summed E-state index contributed by atoms with van der Waals surface area (Å²) in [5.74, 6) is -1.46. The fourth-order valence-corrected chi connectivity index (χ4v) is 8.53. The number of rotatable bonds is 75. The van der Waals surface area contributed by atoms with Gasteiger partial charge >= 0.3 is 0 Å². The molecule has 0 saturated heterocycles. The summed E-state index contributed by atoms with van der Waals surface area (Å²) < 4.78 is 34.9. The van der Waals surface area contributed by atoms with Crippen LogP contribution in [0.1, 0.15) is 77.0 Å². The topological polar surface area (TPSA) is 930 Å². The number of likely N-dealkylation sites (N-methyl/N-ethyl adjacent to an activating group) is 10. The molecule has 8 amide bonds. The summed E-state index contributed by atoms with van der Waals surface area (Å²) in [6.45, 7) is 12.4. The molecule has 0 saturated carbocycles. The third-order valence-electron chi connectivity index (χ3n) is 15.3. The third kappa shape index (κ3) is 124. The summed E-state index contributed by atoms with van der Waals surface area (Å²) in [4.78, 5) is 169. The smallest absolute Gasteiger partial charge is 0.248 e. The number of nitrogens with zero attached hydrogens (tertiary/aromatic N) is 33. The summed E-state index contributed by atoms with van der Waals surface area (Å²) in [7, 11) is 16.2. The number of Topliss-reactive ketones (excluding diaryl/α,β-unsaturated/α-hetero) is 4. The summed E-state index contributed by atoms with van der Waals surface area (Å²) in [6, 6.07) is 0. The Morgan fingerprint density at radius 2 is 0.431 bits per heavy atom. The van der Waals surface area contributed by atoms with Gasteiger partial charge < -0.3 is 123 Å². The van der Waals surface area contributed by atoms with E-state index in [1.54, 1.807) is 70.5 Å². The summed E-state index contributed by atoms with van der Waals surface area (Å²) in [5.41, 5.74) is 97.5. The van der Waals surface area contributed by atoms with Crippen LogP contribution in [0.2, 0.25) is 0 Å². The Kier molecular flexibility index (Phi) is 124. The SMILES string of the molecule is CN(CC(=O)CCCCN=[N+]=[N-])C(=O)COCCN.CN(CC(=O)CCCCN=[N+]=[N-])C(=O)COCCN.CNCC(=O)N(C)CC(=O)CCCCN=[N+]=[N-].CNCC(=O)N(C)CC(=O)CCCCN=[N+]=[N-].CNCC(=O)N(C)CC(=O)NCCOCCN=[N+]=[N-].CNCC(=O)N(C)CC(=O)NCCOCCN=[N+]=[N-].[N-]=[N+]=NCCOCCN.[N-]=[N+]=NCCOCCN.[N-]=[N+]=NCCOCCN. The minimum atomic E-state index is -0.245. The van der Waals surface area contributed by atoms with Crippen LogP contribution in [0, 0.1) is 0 Å². The molecule has 0 heterocycles. The average molecular weight is 1960 g/mol. The zero-order valence-electron chi connectivity index (χ0n) is 81.2. The van der Waals surface area contributed by atoms with Gasteiger partial charge in [0.1, 0.15) is 13.2 Å².